The van der Waals surface area contributed by atoms with E-state index in [-0.39, 0.29) is 16.4 Å². The van der Waals surface area contributed by atoms with Crippen molar-refractivity contribution >= 4 is 56.9 Å². The molecule has 1 aliphatic carbocycles. The number of nitrogens with one attached hydrogen (secondary N) is 2. The third kappa shape index (κ3) is 4.21. The Hall–Kier alpha value is -3.48. The fraction of sp³-hybridized carbons (Fsp3) is 0.190. The number of halogens is 1. The lowest BCUT2D eigenvalue weighted by Crippen LogP contribution is -2.32. The van der Waals surface area contributed by atoms with E-state index in [4.69, 9.17) is 16.0 Å². The molecule has 0 unspecified atom stereocenters. The standard InChI is InChI=1S/C21H15ClN4O4S/c22-12-5-6-16-14(7-12)18(27)11(10-30-16)9-24-26-20(29)19(28)25-21-15(8-23)13-3-1-2-4-17(13)31-21/h5-7,9-10H,1-4H2,(H,25,28)(H,26,29)/b24-9-. The van der Waals surface area contributed by atoms with E-state index in [0.29, 0.717) is 21.2 Å². The molecular formula is C21H15ClN4O4S. The summed E-state index contributed by atoms with van der Waals surface area (Å²) in [6.45, 7) is 0. The van der Waals surface area contributed by atoms with Crippen LogP contribution in [0.2, 0.25) is 5.02 Å². The minimum Gasteiger partial charge on any atom is -0.463 e. The molecule has 1 aliphatic rings. The van der Waals surface area contributed by atoms with E-state index in [9.17, 15) is 19.6 Å². The summed E-state index contributed by atoms with van der Waals surface area (Å²) >= 11 is 7.23. The van der Waals surface area contributed by atoms with Gasteiger partial charge in [0.25, 0.3) is 0 Å². The van der Waals surface area contributed by atoms with Crippen molar-refractivity contribution in [3.63, 3.8) is 0 Å². The topological polar surface area (TPSA) is 125 Å². The Balaban J connectivity index is 1.45. The van der Waals surface area contributed by atoms with Gasteiger partial charge < -0.3 is 9.73 Å². The van der Waals surface area contributed by atoms with Gasteiger partial charge in [-0.3, -0.25) is 14.4 Å². The Kier molecular flexibility index (Phi) is 5.84. The molecule has 0 atom stereocenters. The van der Waals surface area contributed by atoms with Gasteiger partial charge in [0.2, 0.25) is 5.43 Å². The van der Waals surface area contributed by atoms with Gasteiger partial charge in [-0.15, -0.1) is 11.3 Å². The van der Waals surface area contributed by atoms with Crippen LogP contribution in [0.15, 0.2) is 38.8 Å². The molecule has 0 bridgehead atoms. The first-order chi connectivity index (χ1) is 15.0. The van der Waals surface area contributed by atoms with Crippen molar-refractivity contribution in [1.29, 1.82) is 5.26 Å². The number of hydrazone groups is 1. The number of hydrogen-bond acceptors (Lipinski definition) is 7. The summed E-state index contributed by atoms with van der Waals surface area (Å²) in [7, 11) is 0. The lowest BCUT2D eigenvalue weighted by atomic mass is 9.96. The summed E-state index contributed by atoms with van der Waals surface area (Å²) in [6.07, 6.45) is 5.97. The Labute approximate surface area is 185 Å². The predicted molar refractivity (Wildman–Crippen MR) is 118 cm³/mol. The maximum absolute atomic E-state index is 12.5. The largest absolute Gasteiger partial charge is 0.463 e. The summed E-state index contributed by atoms with van der Waals surface area (Å²) in [4.78, 5) is 37.8. The number of thiophene rings is 1. The van der Waals surface area contributed by atoms with Gasteiger partial charge in [0.15, 0.2) is 0 Å². The van der Waals surface area contributed by atoms with Crippen LogP contribution >= 0.6 is 22.9 Å². The first-order valence-electron chi connectivity index (χ1n) is 9.38. The molecule has 0 fully saturated rings. The van der Waals surface area contributed by atoms with Crippen molar-refractivity contribution in [2.75, 3.05) is 5.32 Å². The molecule has 0 aliphatic heterocycles. The number of aryl methyl sites for hydroxylation is 1. The van der Waals surface area contributed by atoms with Crippen LogP contribution in [0.4, 0.5) is 5.00 Å². The number of carbonyl (C=O) groups is 2. The number of benzene rings is 1. The zero-order chi connectivity index (χ0) is 22.0. The summed E-state index contributed by atoms with van der Waals surface area (Å²) < 4.78 is 5.36. The molecule has 2 aromatic heterocycles. The molecule has 0 saturated heterocycles. The number of rotatable bonds is 3. The van der Waals surface area contributed by atoms with Gasteiger partial charge in [-0.25, -0.2) is 5.43 Å². The van der Waals surface area contributed by atoms with E-state index in [1.165, 1.54) is 23.7 Å². The van der Waals surface area contributed by atoms with Crippen molar-refractivity contribution < 1.29 is 14.0 Å². The van der Waals surface area contributed by atoms with E-state index < -0.39 is 11.8 Å². The molecule has 1 aromatic carbocycles. The van der Waals surface area contributed by atoms with Crippen LogP contribution in [0.5, 0.6) is 0 Å². The predicted octanol–water partition coefficient (Wildman–Crippen LogP) is 3.35. The maximum atomic E-state index is 12.5. The first kappa shape index (κ1) is 20.8. The average Bonchev–Trinajstić information content (AvgIpc) is 3.12. The van der Waals surface area contributed by atoms with E-state index in [2.05, 4.69) is 21.9 Å². The van der Waals surface area contributed by atoms with Gasteiger partial charge in [0.1, 0.15) is 22.9 Å². The fourth-order valence-electron chi connectivity index (χ4n) is 3.35. The quantitative estimate of drug-likeness (QED) is 0.356. The van der Waals surface area contributed by atoms with Gasteiger partial charge in [-0.1, -0.05) is 11.6 Å². The van der Waals surface area contributed by atoms with Crippen LogP contribution in [-0.2, 0) is 22.4 Å². The van der Waals surface area contributed by atoms with Gasteiger partial charge >= 0.3 is 11.8 Å². The van der Waals surface area contributed by atoms with Crippen molar-refractivity contribution in [2.45, 2.75) is 25.7 Å². The molecule has 156 valence electrons. The highest BCUT2D eigenvalue weighted by Crippen LogP contribution is 2.37. The second kappa shape index (κ2) is 8.71. The zero-order valence-corrected chi connectivity index (χ0v) is 17.6. The van der Waals surface area contributed by atoms with E-state index in [1.54, 1.807) is 12.1 Å². The molecular weight excluding hydrogens is 440 g/mol. The average molecular weight is 455 g/mol. The van der Waals surface area contributed by atoms with Crippen LogP contribution in [-0.4, -0.2) is 18.0 Å². The zero-order valence-electron chi connectivity index (χ0n) is 16.0. The summed E-state index contributed by atoms with van der Waals surface area (Å²) in [5, 5.41) is 16.6. The van der Waals surface area contributed by atoms with Crippen molar-refractivity contribution in [3.8, 4) is 6.07 Å². The third-order valence-corrected chi connectivity index (χ3v) is 6.29. The molecule has 10 heteroatoms. The van der Waals surface area contributed by atoms with Gasteiger partial charge in [-0.05, 0) is 49.4 Å². The van der Waals surface area contributed by atoms with E-state index >= 15 is 0 Å². The summed E-state index contributed by atoms with van der Waals surface area (Å²) in [5.41, 5.74) is 3.50. The number of anilines is 1. The van der Waals surface area contributed by atoms with Crippen LogP contribution in [0, 0.1) is 11.3 Å². The number of amides is 2. The van der Waals surface area contributed by atoms with E-state index in [0.717, 1.165) is 42.3 Å². The molecule has 2 N–H and O–H groups in total. The van der Waals surface area contributed by atoms with Crippen molar-refractivity contribution in [3.05, 3.63) is 61.3 Å². The van der Waals surface area contributed by atoms with Crippen LogP contribution in [0.1, 0.15) is 34.4 Å². The molecule has 3 aromatic rings. The Bertz CT molecular complexity index is 1340. The van der Waals surface area contributed by atoms with Crippen LogP contribution in [0.25, 0.3) is 11.0 Å². The molecule has 0 spiro atoms. The first-order valence-corrected chi connectivity index (χ1v) is 10.6. The molecule has 2 heterocycles. The number of hydrogen-bond donors (Lipinski definition) is 2. The highest BCUT2D eigenvalue weighted by atomic mass is 35.5. The normalized spacial score (nSPS) is 13.0. The number of fused-ring (bicyclic) bond motifs is 2. The Morgan fingerprint density at radius 1 is 1.26 bits per heavy atom. The highest BCUT2D eigenvalue weighted by Gasteiger charge is 2.23. The fourth-order valence-corrected chi connectivity index (χ4v) is 4.76. The molecule has 4 rings (SSSR count). The SMILES string of the molecule is N#Cc1c(NC(=O)C(=O)N/N=C\c2coc3ccc(Cl)cc3c2=O)sc2c1CCCC2. The number of carbonyl (C=O) groups excluding carboxylic acids is 2. The second-order valence-corrected chi connectivity index (χ2v) is 8.38. The molecule has 8 nitrogen and oxygen atoms in total. The number of nitriles is 1. The monoisotopic (exact) mass is 454 g/mol. The maximum Gasteiger partial charge on any atom is 0.329 e. The third-order valence-electron chi connectivity index (χ3n) is 4.85. The van der Waals surface area contributed by atoms with E-state index in [1.807, 2.05) is 0 Å². The lowest BCUT2D eigenvalue weighted by Gasteiger charge is -2.09. The Morgan fingerprint density at radius 2 is 2.06 bits per heavy atom. The van der Waals surface area contributed by atoms with Crippen molar-refractivity contribution in [2.24, 2.45) is 5.10 Å². The van der Waals surface area contributed by atoms with Gasteiger partial charge in [0.05, 0.1) is 22.7 Å². The molecule has 0 radical (unpaired) electrons. The summed E-state index contributed by atoms with van der Waals surface area (Å²) in [5.74, 6) is -1.98. The number of nitrogens with zero attached hydrogens (tertiary/aromatic N) is 2. The molecule has 0 saturated carbocycles. The van der Waals surface area contributed by atoms with Crippen LogP contribution in [0.3, 0.4) is 0 Å². The summed E-state index contributed by atoms with van der Waals surface area (Å²) in [6, 6.07) is 6.76. The smallest absolute Gasteiger partial charge is 0.329 e. The lowest BCUT2D eigenvalue weighted by molar-refractivity contribution is -0.136. The molecule has 31 heavy (non-hydrogen) atoms. The molecule has 2 amide bonds. The van der Waals surface area contributed by atoms with Crippen LogP contribution < -0.4 is 16.2 Å². The van der Waals surface area contributed by atoms with Crippen molar-refractivity contribution in [1.82, 2.24) is 5.43 Å². The highest BCUT2D eigenvalue weighted by molar-refractivity contribution is 7.16. The Morgan fingerprint density at radius 3 is 2.87 bits per heavy atom. The van der Waals surface area contributed by atoms with Gasteiger partial charge in [0, 0.05) is 9.90 Å². The minimum absolute atomic E-state index is 0.0770. The minimum atomic E-state index is -1.03. The second-order valence-electron chi connectivity index (χ2n) is 6.84. The van der Waals surface area contributed by atoms with Gasteiger partial charge in [-0.2, -0.15) is 10.4 Å².